The Morgan fingerprint density at radius 2 is 2.07 bits per heavy atom. The van der Waals surface area contributed by atoms with E-state index in [4.69, 9.17) is 4.74 Å². The number of benzene rings is 2. The van der Waals surface area contributed by atoms with Gasteiger partial charge in [-0.15, -0.1) is 0 Å². The van der Waals surface area contributed by atoms with Gasteiger partial charge >= 0.3 is 0 Å². The summed E-state index contributed by atoms with van der Waals surface area (Å²) >= 11 is 0. The van der Waals surface area contributed by atoms with Crippen molar-refractivity contribution >= 4 is 34.1 Å². The summed E-state index contributed by atoms with van der Waals surface area (Å²) in [6.45, 7) is 2.56. The van der Waals surface area contributed by atoms with E-state index in [0.717, 1.165) is 16.7 Å². The molecular weight excluding hydrogens is 358 g/mol. The van der Waals surface area contributed by atoms with E-state index in [1.165, 1.54) is 12.1 Å². The van der Waals surface area contributed by atoms with Crippen LogP contribution in [0.4, 0.5) is 11.4 Å². The first-order valence-electron chi connectivity index (χ1n) is 8.84. The number of nitrogens with zero attached hydrogens (tertiary/aromatic N) is 4. The minimum absolute atomic E-state index is 0.0230. The molecule has 1 aliphatic heterocycles. The first-order valence-corrected chi connectivity index (χ1v) is 8.84. The van der Waals surface area contributed by atoms with E-state index < -0.39 is 4.92 Å². The van der Waals surface area contributed by atoms with Gasteiger partial charge in [0.15, 0.2) is 0 Å². The molecule has 1 fully saturated rings. The maximum atomic E-state index is 11.3. The van der Waals surface area contributed by atoms with Crippen LogP contribution < -0.4 is 4.90 Å². The lowest BCUT2D eigenvalue weighted by Crippen LogP contribution is -2.36. The fourth-order valence-corrected chi connectivity index (χ4v) is 3.25. The van der Waals surface area contributed by atoms with Gasteiger partial charge in [-0.25, -0.2) is 4.98 Å². The summed E-state index contributed by atoms with van der Waals surface area (Å²) in [4.78, 5) is 20.5. The number of ether oxygens (including phenoxy) is 1. The molecule has 1 N–H and O–H groups in total. The number of fused-ring (bicyclic) bond motifs is 1. The van der Waals surface area contributed by atoms with E-state index in [9.17, 15) is 15.4 Å². The number of anilines is 1. The molecule has 0 atom stereocenters. The predicted molar refractivity (Wildman–Crippen MR) is 106 cm³/mol. The van der Waals surface area contributed by atoms with Crippen LogP contribution in [0.15, 0.2) is 42.5 Å². The number of allylic oxidation sites excluding steroid dienone is 1. The van der Waals surface area contributed by atoms with Gasteiger partial charge in [0.05, 0.1) is 34.7 Å². The molecule has 0 radical (unpaired) electrons. The van der Waals surface area contributed by atoms with E-state index in [0.29, 0.717) is 43.3 Å². The first kappa shape index (κ1) is 17.7. The maximum absolute atomic E-state index is 11.3. The molecule has 8 heteroatoms. The van der Waals surface area contributed by atoms with Crippen LogP contribution in [0.3, 0.4) is 0 Å². The van der Waals surface area contributed by atoms with Crippen molar-refractivity contribution in [1.82, 2.24) is 9.97 Å². The molecule has 0 unspecified atom stereocenters. The van der Waals surface area contributed by atoms with Crippen LogP contribution in [-0.2, 0) is 4.74 Å². The number of nitro groups is 1. The Labute approximate surface area is 160 Å². The normalized spacial score (nSPS) is 14.8. The van der Waals surface area contributed by atoms with Gasteiger partial charge in [-0.2, -0.15) is 5.26 Å². The highest BCUT2D eigenvalue weighted by Gasteiger charge is 2.18. The number of imidazole rings is 1. The van der Waals surface area contributed by atoms with Crippen molar-refractivity contribution in [2.45, 2.75) is 0 Å². The van der Waals surface area contributed by atoms with Crippen LogP contribution in [0.2, 0.25) is 0 Å². The minimum atomic E-state index is -0.437. The summed E-state index contributed by atoms with van der Waals surface area (Å²) in [7, 11) is 0. The number of rotatable bonds is 4. The van der Waals surface area contributed by atoms with Crippen molar-refractivity contribution in [3.63, 3.8) is 0 Å². The van der Waals surface area contributed by atoms with Crippen LogP contribution in [0.1, 0.15) is 11.4 Å². The highest BCUT2D eigenvalue weighted by atomic mass is 16.6. The second kappa shape index (κ2) is 7.50. The van der Waals surface area contributed by atoms with E-state index >= 15 is 0 Å². The molecule has 1 aliphatic rings. The fourth-order valence-electron chi connectivity index (χ4n) is 3.25. The van der Waals surface area contributed by atoms with Crippen molar-refractivity contribution in [2.75, 3.05) is 31.2 Å². The van der Waals surface area contributed by atoms with Crippen molar-refractivity contribution in [1.29, 1.82) is 5.26 Å². The van der Waals surface area contributed by atoms with Crippen LogP contribution in [0.25, 0.3) is 22.7 Å². The molecule has 1 saturated heterocycles. The molecule has 8 nitrogen and oxygen atoms in total. The Hall–Kier alpha value is -3.70. The topological polar surface area (TPSA) is 108 Å². The molecule has 0 spiro atoms. The predicted octanol–water partition coefficient (Wildman–Crippen LogP) is 3.37. The highest BCUT2D eigenvalue weighted by molar-refractivity contribution is 5.92. The van der Waals surface area contributed by atoms with Crippen molar-refractivity contribution in [3.05, 3.63) is 64.0 Å². The molecule has 2 heterocycles. The molecule has 1 aromatic heterocycles. The van der Waals surface area contributed by atoms with Crippen LogP contribution in [0, 0.1) is 21.4 Å². The second-order valence-electron chi connectivity index (χ2n) is 6.37. The zero-order valence-electron chi connectivity index (χ0n) is 15.0. The number of H-pyrrole nitrogens is 1. The lowest BCUT2D eigenvalue weighted by molar-refractivity contribution is -0.384. The zero-order valence-corrected chi connectivity index (χ0v) is 15.0. The fraction of sp³-hybridized carbons (Fsp3) is 0.200. The first-order chi connectivity index (χ1) is 13.7. The van der Waals surface area contributed by atoms with E-state index in [1.807, 2.05) is 24.3 Å². The number of hydrogen-bond acceptors (Lipinski definition) is 6. The number of aromatic amines is 1. The molecule has 0 aliphatic carbocycles. The third kappa shape index (κ3) is 3.43. The molecule has 140 valence electrons. The van der Waals surface area contributed by atoms with Crippen LogP contribution >= 0.6 is 0 Å². The Kier molecular flexibility index (Phi) is 4.74. The second-order valence-corrected chi connectivity index (χ2v) is 6.37. The van der Waals surface area contributed by atoms with Gasteiger partial charge < -0.3 is 14.6 Å². The van der Waals surface area contributed by atoms with Gasteiger partial charge in [-0.1, -0.05) is 12.1 Å². The minimum Gasteiger partial charge on any atom is -0.378 e. The molecule has 0 saturated carbocycles. The summed E-state index contributed by atoms with van der Waals surface area (Å²) in [6, 6.07) is 14.4. The molecule has 0 bridgehead atoms. The average Bonchev–Trinajstić information content (AvgIpc) is 3.16. The van der Waals surface area contributed by atoms with Gasteiger partial charge in [0.2, 0.25) is 0 Å². The zero-order chi connectivity index (χ0) is 19.5. The smallest absolute Gasteiger partial charge is 0.270 e. The average molecular weight is 375 g/mol. The molecule has 0 amide bonds. The monoisotopic (exact) mass is 375 g/mol. The number of aromatic nitrogens is 2. The third-order valence-corrected chi connectivity index (χ3v) is 4.64. The number of nitrogens with one attached hydrogen (secondary N) is 1. The van der Waals surface area contributed by atoms with Crippen LogP contribution in [0.5, 0.6) is 0 Å². The lowest BCUT2D eigenvalue weighted by Gasteiger charge is -2.30. The highest BCUT2D eigenvalue weighted by Crippen LogP contribution is 2.30. The van der Waals surface area contributed by atoms with E-state index in [1.54, 1.807) is 12.1 Å². The van der Waals surface area contributed by atoms with E-state index in [-0.39, 0.29) is 5.69 Å². The van der Waals surface area contributed by atoms with E-state index in [2.05, 4.69) is 20.9 Å². The van der Waals surface area contributed by atoms with Crippen molar-refractivity contribution < 1.29 is 9.66 Å². The van der Waals surface area contributed by atoms with Gasteiger partial charge in [-0.05, 0) is 24.3 Å². The molecule has 3 aromatic rings. The molecule has 2 aromatic carbocycles. The standard InChI is InChI=1S/C20H17N5O3/c21-13-15(20-22-17-3-1-2-4-18(17)23-20)11-14-12-16(25(26)27)5-6-19(14)24-7-9-28-10-8-24/h1-6,11-12H,7-10H2,(H,22,23)/b15-11+. The van der Waals surface area contributed by atoms with Crippen molar-refractivity contribution in [3.8, 4) is 6.07 Å². The van der Waals surface area contributed by atoms with Gasteiger partial charge in [0.25, 0.3) is 5.69 Å². The number of morpholine rings is 1. The largest absolute Gasteiger partial charge is 0.378 e. The number of para-hydroxylation sites is 2. The maximum Gasteiger partial charge on any atom is 0.270 e. The molecule has 28 heavy (non-hydrogen) atoms. The number of non-ortho nitro benzene ring substituents is 1. The Balaban J connectivity index is 1.81. The van der Waals surface area contributed by atoms with Gasteiger partial charge in [-0.3, -0.25) is 10.1 Å². The quantitative estimate of drug-likeness (QED) is 0.425. The summed E-state index contributed by atoms with van der Waals surface area (Å²) in [5, 5.41) is 21.0. The number of nitriles is 1. The summed E-state index contributed by atoms with van der Waals surface area (Å²) in [5.74, 6) is 0.433. The third-order valence-electron chi connectivity index (χ3n) is 4.64. The summed E-state index contributed by atoms with van der Waals surface area (Å²) in [6.07, 6.45) is 1.65. The number of hydrogen-bond donors (Lipinski definition) is 1. The summed E-state index contributed by atoms with van der Waals surface area (Å²) in [5.41, 5.74) is 3.31. The Morgan fingerprint density at radius 1 is 1.29 bits per heavy atom. The van der Waals surface area contributed by atoms with Gasteiger partial charge in [0.1, 0.15) is 11.9 Å². The SMILES string of the molecule is N#C/C(=C\c1cc([N+](=O)[O-])ccc1N1CCOCC1)c1nc2ccccc2[nH]1. The Morgan fingerprint density at radius 3 is 2.79 bits per heavy atom. The molecular formula is C20H17N5O3. The van der Waals surface area contributed by atoms with Crippen LogP contribution in [-0.4, -0.2) is 41.2 Å². The van der Waals surface area contributed by atoms with Crippen molar-refractivity contribution in [2.24, 2.45) is 0 Å². The molecule has 4 rings (SSSR count). The Bertz CT molecular complexity index is 1070. The summed E-state index contributed by atoms with van der Waals surface area (Å²) < 4.78 is 5.40. The lowest BCUT2D eigenvalue weighted by atomic mass is 10.1. The van der Waals surface area contributed by atoms with Gasteiger partial charge in [0, 0.05) is 36.5 Å². The number of nitro benzene ring substituents is 1.